The van der Waals surface area contributed by atoms with Crippen LogP contribution in [0.1, 0.15) is 11.1 Å². The zero-order chi connectivity index (χ0) is 15.2. The number of halogens is 2. The minimum absolute atomic E-state index is 0.317. The number of aryl methyl sites for hydroxylation is 1. The van der Waals surface area contributed by atoms with Crippen molar-refractivity contribution < 1.29 is 4.79 Å². The molecule has 2 aromatic carbocycles. The molecule has 0 unspecified atom stereocenters. The van der Waals surface area contributed by atoms with Crippen LogP contribution in [0, 0.1) is 6.92 Å². The molecule has 0 aliphatic carbocycles. The van der Waals surface area contributed by atoms with Crippen molar-refractivity contribution in [1.29, 1.82) is 0 Å². The highest BCUT2D eigenvalue weighted by molar-refractivity contribution is 9.10. The third-order valence-electron chi connectivity index (χ3n) is 2.76. The van der Waals surface area contributed by atoms with E-state index in [1.165, 1.54) is 0 Å². The monoisotopic (exact) mass is 364 g/mol. The Morgan fingerprint density at radius 2 is 2.00 bits per heavy atom. The Morgan fingerprint density at radius 1 is 1.24 bits per heavy atom. The summed E-state index contributed by atoms with van der Waals surface area (Å²) < 4.78 is 0.840. The lowest BCUT2D eigenvalue weighted by atomic mass is 10.2. The summed E-state index contributed by atoms with van der Waals surface area (Å²) in [5.74, 6) is 0. The van der Waals surface area contributed by atoms with Crippen molar-refractivity contribution in [2.75, 3.05) is 5.32 Å². The van der Waals surface area contributed by atoms with Gasteiger partial charge in [0.1, 0.15) is 0 Å². The summed E-state index contributed by atoms with van der Waals surface area (Å²) in [4.78, 5) is 11.8. The molecule has 0 heterocycles. The Bertz CT molecular complexity index is 686. The maximum Gasteiger partial charge on any atom is 0.323 e. The smallest absolute Gasteiger partial charge is 0.314 e. The van der Waals surface area contributed by atoms with Crippen LogP contribution in [-0.4, -0.2) is 6.03 Å². The second-order valence-corrected chi connectivity index (χ2v) is 5.70. The van der Waals surface area contributed by atoms with E-state index in [-0.39, 0.29) is 6.03 Å². The standard InChI is InChI=1S/C16H14BrClN2O/c1-11-6-7-15(13(17)10-11)20-16(21)19-9-8-12-4-2-3-5-14(12)18/h2-10H,1H3,(H2,19,20,21)/b9-8+. The number of benzene rings is 2. The van der Waals surface area contributed by atoms with Crippen molar-refractivity contribution in [3.63, 3.8) is 0 Å². The third-order valence-corrected chi connectivity index (χ3v) is 3.76. The highest BCUT2D eigenvalue weighted by atomic mass is 79.9. The summed E-state index contributed by atoms with van der Waals surface area (Å²) in [6.07, 6.45) is 3.30. The summed E-state index contributed by atoms with van der Waals surface area (Å²) in [6, 6.07) is 12.8. The number of amides is 2. The van der Waals surface area contributed by atoms with Crippen molar-refractivity contribution in [2.45, 2.75) is 6.92 Å². The molecule has 0 aromatic heterocycles. The van der Waals surface area contributed by atoms with Gasteiger partial charge in [0, 0.05) is 15.7 Å². The molecule has 0 saturated heterocycles. The lowest BCUT2D eigenvalue weighted by Crippen LogP contribution is -2.23. The molecule has 108 valence electrons. The highest BCUT2D eigenvalue weighted by Gasteiger charge is 2.03. The van der Waals surface area contributed by atoms with Crippen molar-refractivity contribution in [3.05, 3.63) is 69.3 Å². The molecular formula is C16H14BrClN2O. The van der Waals surface area contributed by atoms with Crippen LogP contribution in [0.2, 0.25) is 5.02 Å². The van der Waals surface area contributed by atoms with Crippen LogP contribution in [0.3, 0.4) is 0 Å². The summed E-state index contributed by atoms with van der Waals surface area (Å²) in [5.41, 5.74) is 2.67. The Labute approximate surface area is 137 Å². The molecule has 0 atom stereocenters. The fourth-order valence-electron chi connectivity index (χ4n) is 1.70. The van der Waals surface area contributed by atoms with E-state index < -0.39 is 0 Å². The normalized spacial score (nSPS) is 10.6. The Hall–Kier alpha value is -1.78. The van der Waals surface area contributed by atoms with Gasteiger partial charge < -0.3 is 10.6 Å². The Morgan fingerprint density at radius 3 is 2.71 bits per heavy atom. The lowest BCUT2D eigenvalue weighted by Gasteiger charge is -2.07. The zero-order valence-corrected chi connectivity index (χ0v) is 13.7. The SMILES string of the molecule is Cc1ccc(NC(=O)N/C=C/c2ccccc2Cl)c(Br)c1. The Kier molecular flexibility index (Phi) is 5.42. The molecule has 2 rings (SSSR count). The van der Waals surface area contributed by atoms with Crippen molar-refractivity contribution in [1.82, 2.24) is 5.32 Å². The van der Waals surface area contributed by atoms with Gasteiger partial charge in [-0.1, -0.05) is 35.9 Å². The lowest BCUT2D eigenvalue weighted by molar-refractivity contribution is 0.255. The largest absolute Gasteiger partial charge is 0.323 e. The van der Waals surface area contributed by atoms with Crippen LogP contribution < -0.4 is 10.6 Å². The number of nitrogens with one attached hydrogen (secondary N) is 2. The highest BCUT2D eigenvalue weighted by Crippen LogP contribution is 2.23. The molecular weight excluding hydrogens is 352 g/mol. The van der Waals surface area contributed by atoms with Crippen LogP contribution in [-0.2, 0) is 0 Å². The minimum Gasteiger partial charge on any atom is -0.314 e. The van der Waals surface area contributed by atoms with Crippen molar-refractivity contribution >= 4 is 45.3 Å². The summed E-state index contributed by atoms with van der Waals surface area (Å²) in [5, 5.41) is 6.03. The molecule has 0 bridgehead atoms. The number of carbonyl (C=O) groups is 1. The molecule has 21 heavy (non-hydrogen) atoms. The molecule has 5 heteroatoms. The van der Waals surface area contributed by atoms with E-state index in [1.807, 2.05) is 43.3 Å². The van der Waals surface area contributed by atoms with Crippen LogP contribution in [0.25, 0.3) is 6.08 Å². The van der Waals surface area contributed by atoms with Gasteiger partial charge in [0.15, 0.2) is 0 Å². The number of hydrogen-bond acceptors (Lipinski definition) is 1. The van der Waals surface area contributed by atoms with Gasteiger partial charge in [-0.15, -0.1) is 0 Å². The van der Waals surface area contributed by atoms with E-state index in [0.717, 1.165) is 15.6 Å². The molecule has 0 saturated carbocycles. The molecule has 0 aliphatic heterocycles. The summed E-state index contributed by atoms with van der Waals surface area (Å²) >= 11 is 9.43. The molecule has 3 nitrogen and oxygen atoms in total. The van der Waals surface area contributed by atoms with E-state index in [9.17, 15) is 4.79 Å². The van der Waals surface area contributed by atoms with E-state index in [0.29, 0.717) is 10.7 Å². The van der Waals surface area contributed by atoms with Crippen LogP contribution >= 0.6 is 27.5 Å². The average molecular weight is 366 g/mol. The number of hydrogen-bond donors (Lipinski definition) is 2. The zero-order valence-electron chi connectivity index (χ0n) is 11.4. The van der Waals surface area contributed by atoms with Gasteiger partial charge in [-0.25, -0.2) is 4.79 Å². The van der Waals surface area contributed by atoms with Crippen molar-refractivity contribution in [3.8, 4) is 0 Å². The number of rotatable bonds is 3. The van der Waals surface area contributed by atoms with Gasteiger partial charge >= 0.3 is 6.03 Å². The van der Waals surface area contributed by atoms with E-state index in [2.05, 4.69) is 26.6 Å². The van der Waals surface area contributed by atoms with Gasteiger partial charge in [0.2, 0.25) is 0 Å². The number of carbonyl (C=O) groups excluding carboxylic acids is 1. The molecule has 0 aliphatic rings. The third kappa shape index (κ3) is 4.62. The van der Waals surface area contributed by atoms with E-state index >= 15 is 0 Å². The van der Waals surface area contributed by atoms with Gasteiger partial charge in [0.25, 0.3) is 0 Å². The first kappa shape index (κ1) is 15.6. The van der Waals surface area contributed by atoms with Gasteiger partial charge in [-0.3, -0.25) is 0 Å². The fraction of sp³-hybridized carbons (Fsp3) is 0.0625. The molecule has 2 amide bonds. The van der Waals surface area contributed by atoms with Crippen LogP contribution in [0.15, 0.2) is 53.1 Å². The second kappa shape index (κ2) is 7.29. The van der Waals surface area contributed by atoms with Gasteiger partial charge in [-0.2, -0.15) is 0 Å². The predicted octanol–water partition coefficient (Wildman–Crippen LogP) is 5.20. The first-order valence-electron chi connectivity index (χ1n) is 6.31. The summed E-state index contributed by atoms with van der Waals surface area (Å²) in [6.45, 7) is 1.99. The molecule has 2 N–H and O–H groups in total. The maximum absolute atomic E-state index is 11.8. The molecule has 0 radical (unpaired) electrons. The molecule has 0 spiro atoms. The number of urea groups is 1. The number of anilines is 1. The minimum atomic E-state index is -0.317. The quantitative estimate of drug-likeness (QED) is 0.771. The van der Waals surface area contributed by atoms with Crippen LogP contribution in [0.5, 0.6) is 0 Å². The predicted molar refractivity (Wildman–Crippen MR) is 91.5 cm³/mol. The fourth-order valence-corrected chi connectivity index (χ4v) is 2.49. The first-order valence-corrected chi connectivity index (χ1v) is 7.48. The Balaban J connectivity index is 1.95. The molecule has 0 fully saturated rings. The second-order valence-electron chi connectivity index (χ2n) is 4.44. The summed E-state index contributed by atoms with van der Waals surface area (Å²) in [7, 11) is 0. The average Bonchev–Trinajstić information content (AvgIpc) is 2.44. The molecule has 2 aromatic rings. The van der Waals surface area contributed by atoms with E-state index in [1.54, 1.807) is 18.3 Å². The maximum atomic E-state index is 11.8. The van der Waals surface area contributed by atoms with Crippen molar-refractivity contribution in [2.24, 2.45) is 0 Å². The van der Waals surface area contributed by atoms with Gasteiger partial charge in [-0.05, 0) is 58.3 Å². The van der Waals surface area contributed by atoms with Gasteiger partial charge in [0.05, 0.1) is 5.69 Å². The topological polar surface area (TPSA) is 41.1 Å². The van der Waals surface area contributed by atoms with Crippen LogP contribution in [0.4, 0.5) is 10.5 Å². The van der Waals surface area contributed by atoms with E-state index in [4.69, 9.17) is 11.6 Å². The first-order chi connectivity index (χ1) is 10.1.